The molecule has 4 heteroatoms. The predicted molar refractivity (Wildman–Crippen MR) is 63.1 cm³/mol. The summed E-state index contributed by atoms with van der Waals surface area (Å²) in [5.41, 5.74) is 0. The van der Waals surface area contributed by atoms with E-state index in [1.165, 1.54) is 0 Å². The molecule has 1 saturated heterocycles. The summed E-state index contributed by atoms with van der Waals surface area (Å²) in [6.07, 6.45) is 0.904. The molecule has 2 N–H and O–H groups in total. The van der Waals surface area contributed by atoms with Crippen LogP contribution in [0.3, 0.4) is 0 Å². The molecule has 0 spiro atoms. The van der Waals surface area contributed by atoms with E-state index in [0.29, 0.717) is 0 Å². The third-order valence-corrected chi connectivity index (χ3v) is 2.87. The summed E-state index contributed by atoms with van der Waals surface area (Å²) in [7, 11) is 2.15. The van der Waals surface area contributed by atoms with Crippen LogP contribution in [0.4, 0.5) is 0 Å². The van der Waals surface area contributed by atoms with Crippen LogP contribution in [-0.4, -0.2) is 73.9 Å². The van der Waals surface area contributed by atoms with Crippen LogP contribution in [0.1, 0.15) is 13.3 Å². The van der Waals surface area contributed by atoms with Crippen molar-refractivity contribution < 1.29 is 5.11 Å². The maximum atomic E-state index is 9.78. The Morgan fingerprint density at radius 1 is 1.27 bits per heavy atom. The Kier molecular flexibility index (Phi) is 6.17. The van der Waals surface area contributed by atoms with E-state index in [9.17, 15) is 5.11 Å². The van der Waals surface area contributed by atoms with Crippen LogP contribution in [0.15, 0.2) is 0 Å². The van der Waals surface area contributed by atoms with Crippen molar-refractivity contribution in [3.05, 3.63) is 0 Å². The summed E-state index contributed by atoms with van der Waals surface area (Å²) in [6.45, 7) is 9.08. The molecular weight excluding hydrogens is 190 g/mol. The molecule has 15 heavy (non-hydrogen) atoms. The quantitative estimate of drug-likeness (QED) is 0.591. The Morgan fingerprint density at radius 3 is 2.53 bits per heavy atom. The second-order valence-electron chi connectivity index (χ2n) is 4.46. The first-order valence-electron chi connectivity index (χ1n) is 6.02. The van der Waals surface area contributed by atoms with Gasteiger partial charge in [0.25, 0.3) is 0 Å². The number of hydrogen-bond acceptors (Lipinski definition) is 4. The van der Waals surface area contributed by atoms with Crippen LogP contribution in [0, 0.1) is 0 Å². The van der Waals surface area contributed by atoms with Gasteiger partial charge in [-0.3, -0.25) is 4.90 Å². The van der Waals surface area contributed by atoms with Crippen molar-refractivity contribution in [3.8, 4) is 0 Å². The van der Waals surface area contributed by atoms with E-state index >= 15 is 0 Å². The normalized spacial score (nSPS) is 21.8. The minimum atomic E-state index is -0.222. The SMILES string of the molecule is CCCNCC(O)CN1CCN(C)CC1. The molecule has 0 aromatic heterocycles. The lowest BCUT2D eigenvalue weighted by Crippen LogP contribution is -2.48. The van der Waals surface area contributed by atoms with Crippen LogP contribution in [0.2, 0.25) is 0 Å². The van der Waals surface area contributed by atoms with Crippen LogP contribution >= 0.6 is 0 Å². The lowest BCUT2D eigenvalue weighted by Gasteiger charge is -2.33. The van der Waals surface area contributed by atoms with Crippen molar-refractivity contribution in [2.24, 2.45) is 0 Å². The summed E-state index contributed by atoms with van der Waals surface area (Å²) in [5.74, 6) is 0. The molecule has 4 nitrogen and oxygen atoms in total. The van der Waals surface area contributed by atoms with E-state index in [2.05, 4.69) is 29.1 Å². The van der Waals surface area contributed by atoms with Gasteiger partial charge in [0.2, 0.25) is 0 Å². The highest BCUT2D eigenvalue weighted by Gasteiger charge is 2.16. The van der Waals surface area contributed by atoms with Gasteiger partial charge in [-0.2, -0.15) is 0 Å². The largest absolute Gasteiger partial charge is 0.390 e. The third-order valence-electron chi connectivity index (χ3n) is 2.87. The molecule has 1 fully saturated rings. The maximum absolute atomic E-state index is 9.78. The second kappa shape index (κ2) is 7.17. The van der Waals surface area contributed by atoms with Gasteiger partial charge in [0.1, 0.15) is 0 Å². The topological polar surface area (TPSA) is 38.7 Å². The Labute approximate surface area is 93.2 Å². The molecule has 1 atom stereocenters. The number of β-amino-alcohol motifs (C(OH)–C–C–N with tert-alkyl or cyclic N) is 1. The number of aliphatic hydroxyl groups is 1. The first-order chi connectivity index (χ1) is 7.22. The van der Waals surface area contributed by atoms with Crippen LogP contribution in [-0.2, 0) is 0 Å². The Hall–Kier alpha value is -0.160. The Balaban J connectivity index is 2.06. The zero-order chi connectivity index (χ0) is 11.1. The molecule has 90 valence electrons. The van der Waals surface area contributed by atoms with Gasteiger partial charge >= 0.3 is 0 Å². The van der Waals surface area contributed by atoms with E-state index < -0.39 is 0 Å². The highest BCUT2D eigenvalue weighted by atomic mass is 16.3. The Bertz CT molecular complexity index is 158. The maximum Gasteiger partial charge on any atom is 0.0791 e. The molecule has 1 rings (SSSR count). The second-order valence-corrected chi connectivity index (χ2v) is 4.46. The first-order valence-corrected chi connectivity index (χ1v) is 6.02. The summed E-state index contributed by atoms with van der Waals surface area (Å²) in [4.78, 5) is 4.68. The fourth-order valence-electron chi connectivity index (χ4n) is 1.84. The van der Waals surface area contributed by atoms with Crippen molar-refractivity contribution in [2.45, 2.75) is 19.4 Å². The van der Waals surface area contributed by atoms with E-state index in [1.807, 2.05) is 0 Å². The Morgan fingerprint density at radius 2 is 1.93 bits per heavy atom. The van der Waals surface area contributed by atoms with Crippen molar-refractivity contribution in [3.63, 3.8) is 0 Å². The minimum Gasteiger partial charge on any atom is -0.390 e. The van der Waals surface area contributed by atoms with Gasteiger partial charge in [-0.25, -0.2) is 0 Å². The molecule has 0 aliphatic carbocycles. The number of likely N-dealkylation sites (N-methyl/N-ethyl adjacent to an activating group) is 1. The van der Waals surface area contributed by atoms with Gasteiger partial charge in [-0.05, 0) is 20.0 Å². The van der Waals surface area contributed by atoms with Gasteiger partial charge < -0.3 is 15.3 Å². The van der Waals surface area contributed by atoms with Gasteiger partial charge in [0.15, 0.2) is 0 Å². The highest BCUT2D eigenvalue weighted by Crippen LogP contribution is 1.99. The smallest absolute Gasteiger partial charge is 0.0791 e. The number of rotatable bonds is 6. The van der Waals surface area contributed by atoms with E-state index in [4.69, 9.17) is 0 Å². The van der Waals surface area contributed by atoms with Gasteiger partial charge in [0.05, 0.1) is 6.10 Å². The van der Waals surface area contributed by atoms with E-state index in [0.717, 1.165) is 52.2 Å². The number of nitrogens with one attached hydrogen (secondary N) is 1. The molecule has 0 bridgehead atoms. The third kappa shape index (κ3) is 5.47. The van der Waals surface area contributed by atoms with Crippen molar-refractivity contribution >= 4 is 0 Å². The standard InChI is InChI=1S/C11H25N3O/c1-3-4-12-9-11(15)10-14-7-5-13(2)6-8-14/h11-12,15H,3-10H2,1-2H3. The number of hydrogen-bond donors (Lipinski definition) is 2. The molecule has 1 heterocycles. The monoisotopic (exact) mass is 215 g/mol. The molecule has 1 aliphatic heterocycles. The highest BCUT2D eigenvalue weighted by molar-refractivity contribution is 4.73. The lowest BCUT2D eigenvalue weighted by molar-refractivity contribution is 0.0803. The summed E-state index contributed by atoms with van der Waals surface area (Å²) in [5, 5.41) is 13.0. The molecule has 0 radical (unpaired) electrons. The molecule has 1 unspecified atom stereocenters. The number of piperazine rings is 1. The van der Waals surface area contributed by atoms with Crippen LogP contribution in [0.25, 0.3) is 0 Å². The van der Waals surface area contributed by atoms with Gasteiger partial charge in [-0.1, -0.05) is 6.92 Å². The molecule has 0 amide bonds. The number of aliphatic hydroxyl groups excluding tert-OH is 1. The van der Waals surface area contributed by atoms with Gasteiger partial charge in [-0.15, -0.1) is 0 Å². The molecule has 1 aliphatic rings. The summed E-state index contributed by atoms with van der Waals surface area (Å²) >= 11 is 0. The number of nitrogens with zero attached hydrogens (tertiary/aromatic N) is 2. The summed E-state index contributed by atoms with van der Waals surface area (Å²) < 4.78 is 0. The lowest BCUT2D eigenvalue weighted by atomic mass is 10.2. The van der Waals surface area contributed by atoms with Crippen LogP contribution < -0.4 is 5.32 Å². The molecular formula is C11H25N3O. The van der Waals surface area contributed by atoms with Crippen molar-refractivity contribution in [1.29, 1.82) is 0 Å². The average molecular weight is 215 g/mol. The fourth-order valence-corrected chi connectivity index (χ4v) is 1.84. The van der Waals surface area contributed by atoms with Gasteiger partial charge in [0, 0.05) is 39.3 Å². The summed E-state index contributed by atoms with van der Waals surface area (Å²) in [6, 6.07) is 0. The van der Waals surface area contributed by atoms with E-state index in [-0.39, 0.29) is 6.10 Å². The van der Waals surface area contributed by atoms with Crippen molar-refractivity contribution in [2.75, 3.05) is 52.9 Å². The predicted octanol–water partition coefficient (Wildman–Crippen LogP) is -0.406. The zero-order valence-corrected chi connectivity index (χ0v) is 10.1. The molecule has 0 saturated carbocycles. The fraction of sp³-hybridized carbons (Fsp3) is 1.00. The first kappa shape index (κ1) is 12.9. The average Bonchev–Trinajstić information content (AvgIpc) is 2.22. The van der Waals surface area contributed by atoms with Crippen molar-refractivity contribution in [1.82, 2.24) is 15.1 Å². The van der Waals surface area contributed by atoms with E-state index in [1.54, 1.807) is 0 Å². The van der Waals surface area contributed by atoms with Crippen LogP contribution in [0.5, 0.6) is 0 Å². The molecule has 0 aromatic carbocycles. The zero-order valence-electron chi connectivity index (χ0n) is 10.1. The molecule has 0 aromatic rings. The minimum absolute atomic E-state index is 0.222.